The molecule has 0 saturated carbocycles. The fraction of sp³-hybridized carbons (Fsp3) is 0.500. The average molecular weight is 354 g/mol. The molecule has 1 atom stereocenters. The monoisotopic (exact) mass is 354 g/mol. The van der Waals surface area contributed by atoms with Crippen LogP contribution in [0.15, 0.2) is 24.3 Å². The minimum Gasteiger partial charge on any atom is -0.406 e. The van der Waals surface area contributed by atoms with Gasteiger partial charge in [0.1, 0.15) is 5.75 Å². The number of carbonyl (C=O) groups is 1. The van der Waals surface area contributed by atoms with Gasteiger partial charge in [0.05, 0.1) is 12.6 Å². The molecule has 1 aromatic rings. The summed E-state index contributed by atoms with van der Waals surface area (Å²) in [7, 11) is 0. The number of alkyl halides is 3. The number of nitrogens with one attached hydrogen (secondary N) is 1. The maximum Gasteiger partial charge on any atom is 0.573 e. The number of rotatable bonds is 5. The van der Waals surface area contributed by atoms with Gasteiger partial charge in [-0.25, -0.2) is 0 Å². The highest BCUT2D eigenvalue weighted by molar-refractivity contribution is 5.79. The lowest BCUT2D eigenvalue weighted by Crippen LogP contribution is -2.41. The molecule has 1 saturated heterocycles. The van der Waals surface area contributed by atoms with Crippen LogP contribution >= 0.6 is 0 Å². The number of ether oxygens (including phenoxy) is 1. The third-order valence-corrected chi connectivity index (χ3v) is 4.25. The van der Waals surface area contributed by atoms with Gasteiger partial charge in [-0.05, 0) is 50.6 Å². The van der Waals surface area contributed by atoms with Crippen molar-refractivity contribution in [1.29, 1.82) is 0 Å². The number of piperidine rings is 1. The van der Waals surface area contributed by atoms with Crippen LogP contribution in [0.2, 0.25) is 0 Å². The first-order valence-electron chi connectivity index (χ1n) is 8.10. The first-order chi connectivity index (χ1) is 11.8. The van der Waals surface area contributed by atoms with Crippen LogP contribution in [0.25, 0.3) is 0 Å². The summed E-state index contributed by atoms with van der Waals surface area (Å²) in [4.78, 5) is 14.5. The first kappa shape index (κ1) is 19.1. The summed E-state index contributed by atoms with van der Waals surface area (Å²) in [6.07, 6.45) is 2.07. The van der Waals surface area contributed by atoms with Crippen LogP contribution in [0.1, 0.15) is 31.4 Å². The molecule has 1 unspecified atom stereocenters. The fourth-order valence-corrected chi connectivity index (χ4v) is 2.86. The predicted molar refractivity (Wildman–Crippen MR) is 87.7 cm³/mol. The van der Waals surface area contributed by atoms with Crippen LogP contribution in [-0.4, -0.2) is 36.8 Å². The summed E-state index contributed by atoms with van der Waals surface area (Å²) in [6.45, 7) is 3.97. The Balaban J connectivity index is 1.86. The van der Waals surface area contributed by atoms with Crippen LogP contribution in [-0.2, 0) is 4.79 Å². The predicted octanol–water partition coefficient (Wildman–Crippen LogP) is 3.11. The summed E-state index contributed by atoms with van der Waals surface area (Å²) in [5.74, 6) is 2.21. The van der Waals surface area contributed by atoms with Crippen molar-refractivity contribution in [2.45, 2.75) is 32.2 Å². The summed E-state index contributed by atoms with van der Waals surface area (Å²) in [6, 6.07) is 5.22. The Bertz CT molecular complexity index is 615. The number of halogens is 3. The van der Waals surface area contributed by atoms with Crippen molar-refractivity contribution in [1.82, 2.24) is 10.2 Å². The lowest BCUT2D eigenvalue weighted by molar-refractivity contribution is -0.274. The second-order valence-corrected chi connectivity index (χ2v) is 6.10. The molecular formula is C18H21F3N2O2. The lowest BCUT2D eigenvalue weighted by atomic mass is 9.95. The number of carbonyl (C=O) groups excluding carboxylic acids is 1. The smallest absolute Gasteiger partial charge is 0.406 e. The van der Waals surface area contributed by atoms with E-state index in [1.807, 2.05) is 0 Å². The molecule has 0 bridgehead atoms. The Labute approximate surface area is 145 Å². The number of amides is 1. The van der Waals surface area contributed by atoms with Crippen molar-refractivity contribution in [2.24, 2.45) is 5.92 Å². The van der Waals surface area contributed by atoms with Crippen molar-refractivity contribution >= 4 is 5.91 Å². The van der Waals surface area contributed by atoms with Gasteiger partial charge in [0.15, 0.2) is 0 Å². The summed E-state index contributed by atoms with van der Waals surface area (Å²) < 4.78 is 40.3. The number of terminal acetylenes is 1. The van der Waals surface area contributed by atoms with Gasteiger partial charge in [-0.2, -0.15) is 0 Å². The maximum atomic E-state index is 12.4. The van der Waals surface area contributed by atoms with Crippen molar-refractivity contribution in [3.8, 4) is 18.1 Å². The van der Waals surface area contributed by atoms with Gasteiger partial charge < -0.3 is 10.1 Å². The summed E-state index contributed by atoms with van der Waals surface area (Å²) >= 11 is 0. The van der Waals surface area contributed by atoms with Gasteiger partial charge in [0.2, 0.25) is 5.91 Å². The van der Waals surface area contributed by atoms with E-state index in [1.165, 1.54) is 24.3 Å². The first-order valence-corrected chi connectivity index (χ1v) is 8.10. The topological polar surface area (TPSA) is 41.6 Å². The number of nitrogens with zero attached hydrogens (tertiary/aromatic N) is 1. The molecule has 1 heterocycles. The van der Waals surface area contributed by atoms with Gasteiger partial charge >= 0.3 is 6.36 Å². The Morgan fingerprint density at radius 3 is 2.48 bits per heavy atom. The van der Waals surface area contributed by atoms with E-state index in [4.69, 9.17) is 6.42 Å². The average Bonchev–Trinajstić information content (AvgIpc) is 2.55. The van der Waals surface area contributed by atoms with E-state index >= 15 is 0 Å². The van der Waals surface area contributed by atoms with Crippen LogP contribution < -0.4 is 10.1 Å². The number of hydrogen-bond acceptors (Lipinski definition) is 3. The highest BCUT2D eigenvalue weighted by Crippen LogP contribution is 2.25. The Morgan fingerprint density at radius 1 is 1.36 bits per heavy atom. The normalized spacial score (nSPS) is 17.6. The van der Waals surface area contributed by atoms with Crippen LogP contribution in [0.3, 0.4) is 0 Å². The molecule has 4 nitrogen and oxygen atoms in total. The quantitative estimate of drug-likeness (QED) is 0.826. The Hall–Kier alpha value is -2.20. The standard InChI is InChI=1S/C18H21F3N2O2/c1-3-10-23-11-8-15(9-12-23)17(24)22-13(2)14-4-6-16(7-5-14)25-18(19,20)21/h1,4-7,13,15H,8-12H2,2H3,(H,22,24). The molecule has 0 aliphatic carbocycles. The van der Waals surface area contributed by atoms with Crippen molar-refractivity contribution in [3.05, 3.63) is 29.8 Å². The molecule has 2 rings (SSSR count). The highest BCUT2D eigenvalue weighted by Gasteiger charge is 2.31. The molecule has 0 aromatic heterocycles. The number of hydrogen-bond donors (Lipinski definition) is 1. The van der Waals surface area contributed by atoms with E-state index in [2.05, 4.69) is 20.9 Å². The van der Waals surface area contributed by atoms with E-state index < -0.39 is 6.36 Å². The van der Waals surface area contributed by atoms with E-state index in [9.17, 15) is 18.0 Å². The zero-order valence-electron chi connectivity index (χ0n) is 14.0. The Kier molecular flexibility index (Phi) is 6.32. The van der Waals surface area contributed by atoms with Gasteiger partial charge in [0, 0.05) is 5.92 Å². The van der Waals surface area contributed by atoms with E-state index in [1.54, 1.807) is 6.92 Å². The summed E-state index contributed by atoms with van der Waals surface area (Å²) in [5.41, 5.74) is 0.715. The minimum atomic E-state index is -4.71. The van der Waals surface area contributed by atoms with Crippen LogP contribution in [0.5, 0.6) is 5.75 Å². The van der Waals surface area contributed by atoms with Crippen molar-refractivity contribution in [2.75, 3.05) is 19.6 Å². The van der Waals surface area contributed by atoms with E-state index in [-0.39, 0.29) is 23.6 Å². The van der Waals surface area contributed by atoms with Crippen LogP contribution in [0.4, 0.5) is 13.2 Å². The number of likely N-dealkylation sites (tertiary alicyclic amines) is 1. The van der Waals surface area contributed by atoms with E-state index in [0.717, 1.165) is 25.9 Å². The molecule has 1 fully saturated rings. The second-order valence-electron chi connectivity index (χ2n) is 6.10. The Morgan fingerprint density at radius 2 is 1.96 bits per heavy atom. The molecule has 1 N–H and O–H groups in total. The number of benzene rings is 1. The molecule has 136 valence electrons. The van der Waals surface area contributed by atoms with Crippen molar-refractivity contribution < 1.29 is 22.7 Å². The van der Waals surface area contributed by atoms with Gasteiger partial charge in [0.25, 0.3) is 0 Å². The third-order valence-electron chi connectivity index (χ3n) is 4.25. The molecule has 1 amide bonds. The molecule has 0 spiro atoms. The second kappa shape index (κ2) is 8.26. The van der Waals surface area contributed by atoms with Crippen LogP contribution in [0, 0.1) is 18.3 Å². The van der Waals surface area contributed by atoms with Gasteiger partial charge in [-0.3, -0.25) is 9.69 Å². The maximum absolute atomic E-state index is 12.4. The van der Waals surface area contributed by atoms with E-state index in [0.29, 0.717) is 12.1 Å². The molecule has 0 radical (unpaired) electrons. The molecular weight excluding hydrogens is 333 g/mol. The lowest BCUT2D eigenvalue weighted by Gasteiger charge is -2.30. The third kappa shape index (κ3) is 5.98. The molecule has 1 aromatic carbocycles. The zero-order valence-corrected chi connectivity index (χ0v) is 14.0. The molecule has 25 heavy (non-hydrogen) atoms. The molecule has 1 aliphatic heterocycles. The molecule has 7 heteroatoms. The highest BCUT2D eigenvalue weighted by atomic mass is 19.4. The molecule has 1 aliphatic rings. The SMILES string of the molecule is C#CCN1CCC(C(=O)NC(C)c2ccc(OC(F)(F)F)cc2)CC1. The largest absolute Gasteiger partial charge is 0.573 e. The van der Waals surface area contributed by atoms with Gasteiger partial charge in [-0.15, -0.1) is 19.6 Å². The zero-order chi connectivity index (χ0) is 18.4. The fourth-order valence-electron chi connectivity index (χ4n) is 2.86. The summed E-state index contributed by atoms with van der Waals surface area (Å²) in [5, 5.41) is 2.92. The van der Waals surface area contributed by atoms with Crippen molar-refractivity contribution in [3.63, 3.8) is 0 Å². The van der Waals surface area contributed by atoms with Gasteiger partial charge in [-0.1, -0.05) is 18.1 Å². The minimum absolute atomic E-state index is 0.0384.